The van der Waals surface area contributed by atoms with E-state index in [1.54, 1.807) is 11.1 Å². The van der Waals surface area contributed by atoms with Crippen LogP contribution in [0.4, 0.5) is 11.4 Å². The summed E-state index contributed by atoms with van der Waals surface area (Å²) in [5.74, 6) is 0. The van der Waals surface area contributed by atoms with Gasteiger partial charge in [-0.1, -0.05) is 0 Å². The Morgan fingerprint density at radius 1 is 1.47 bits per heavy atom. The topological polar surface area (TPSA) is 84.7 Å². The van der Waals surface area contributed by atoms with Crippen molar-refractivity contribution in [2.75, 3.05) is 31.0 Å². The lowest BCUT2D eigenvalue weighted by Gasteiger charge is -2.18. The number of rotatable bonds is 3. The molecule has 1 aliphatic rings. The Morgan fingerprint density at radius 2 is 2.24 bits per heavy atom. The van der Waals surface area contributed by atoms with Gasteiger partial charge < -0.3 is 5.73 Å². The van der Waals surface area contributed by atoms with Crippen LogP contribution >= 0.6 is 0 Å². The summed E-state index contributed by atoms with van der Waals surface area (Å²) in [4.78, 5) is 5.54. The number of nitrogen functional groups attached to an aromatic ring is 1. The summed E-state index contributed by atoms with van der Waals surface area (Å²) < 4.78 is 25.6. The average Bonchev–Trinajstić information content (AvgIpc) is 2.83. The molecule has 0 amide bonds. The summed E-state index contributed by atoms with van der Waals surface area (Å²) >= 11 is 0. The number of sulfonamides is 1. The van der Waals surface area contributed by atoms with Gasteiger partial charge in [0, 0.05) is 6.54 Å². The van der Waals surface area contributed by atoms with Crippen LogP contribution in [0.1, 0.15) is 6.42 Å². The van der Waals surface area contributed by atoms with E-state index < -0.39 is 10.0 Å². The molecule has 0 radical (unpaired) electrons. The molecule has 0 atom stereocenters. The molecule has 1 aromatic carbocycles. The second kappa shape index (κ2) is 4.52. The standard InChI is InChI=1S/C10H15N3O3S/c1-12-17(14,15)8-3-4-9(11)10(7-8)13-5-2-6-16-13/h3-4,7,12H,2,5-6,11H2,1H3. The molecule has 0 spiro atoms. The summed E-state index contributed by atoms with van der Waals surface area (Å²) in [6.45, 7) is 1.34. The zero-order valence-corrected chi connectivity index (χ0v) is 10.3. The van der Waals surface area contributed by atoms with Crippen LogP contribution in [0.5, 0.6) is 0 Å². The first kappa shape index (κ1) is 12.2. The molecule has 1 saturated heterocycles. The van der Waals surface area contributed by atoms with Gasteiger partial charge in [-0.15, -0.1) is 0 Å². The molecule has 0 aliphatic carbocycles. The van der Waals surface area contributed by atoms with Gasteiger partial charge in [0.25, 0.3) is 0 Å². The van der Waals surface area contributed by atoms with Gasteiger partial charge in [-0.05, 0) is 31.7 Å². The highest BCUT2D eigenvalue weighted by atomic mass is 32.2. The van der Waals surface area contributed by atoms with Gasteiger partial charge in [0.2, 0.25) is 10.0 Å². The maximum atomic E-state index is 11.7. The van der Waals surface area contributed by atoms with Gasteiger partial charge >= 0.3 is 0 Å². The molecule has 7 heteroatoms. The number of hydroxylamine groups is 1. The van der Waals surface area contributed by atoms with Crippen molar-refractivity contribution >= 4 is 21.4 Å². The van der Waals surface area contributed by atoms with Crippen LogP contribution in [0.3, 0.4) is 0 Å². The maximum Gasteiger partial charge on any atom is 0.240 e. The van der Waals surface area contributed by atoms with Crippen molar-refractivity contribution in [3.63, 3.8) is 0 Å². The molecule has 1 aromatic rings. The minimum atomic E-state index is -3.45. The number of nitrogens with one attached hydrogen (secondary N) is 1. The molecule has 0 bridgehead atoms. The third kappa shape index (κ3) is 2.36. The predicted molar refractivity (Wildman–Crippen MR) is 65.0 cm³/mol. The average molecular weight is 257 g/mol. The van der Waals surface area contributed by atoms with Crippen LogP contribution in [0.15, 0.2) is 23.1 Å². The van der Waals surface area contributed by atoms with Crippen molar-refractivity contribution in [2.24, 2.45) is 0 Å². The summed E-state index contributed by atoms with van der Waals surface area (Å²) in [7, 11) is -2.08. The molecular weight excluding hydrogens is 242 g/mol. The first-order valence-corrected chi connectivity index (χ1v) is 6.76. The van der Waals surface area contributed by atoms with Crippen molar-refractivity contribution < 1.29 is 13.3 Å². The lowest BCUT2D eigenvalue weighted by Crippen LogP contribution is -2.21. The van der Waals surface area contributed by atoms with Crippen LogP contribution in [-0.2, 0) is 14.9 Å². The van der Waals surface area contributed by atoms with Crippen molar-refractivity contribution in [3.8, 4) is 0 Å². The predicted octanol–water partition coefficient (Wildman–Crippen LogP) is 0.319. The fraction of sp³-hybridized carbons (Fsp3) is 0.400. The van der Waals surface area contributed by atoms with E-state index in [0.717, 1.165) is 6.42 Å². The van der Waals surface area contributed by atoms with Crippen LogP contribution in [-0.4, -0.2) is 28.6 Å². The Balaban J connectivity index is 2.42. The molecule has 0 unspecified atom stereocenters. The van der Waals surface area contributed by atoms with Gasteiger partial charge in [-0.2, -0.15) is 0 Å². The number of nitrogens with zero attached hydrogens (tertiary/aromatic N) is 1. The highest BCUT2D eigenvalue weighted by Gasteiger charge is 2.19. The van der Waals surface area contributed by atoms with Crippen molar-refractivity contribution in [1.29, 1.82) is 0 Å². The minimum Gasteiger partial charge on any atom is -0.397 e. The van der Waals surface area contributed by atoms with Gasteiger partial charge in [0.15, 0.2) is 0 Å². The van der Waals surface area contributed by atoms with E-state index in [-0.39, 0.29) is 4.90 Å². The molecule has 0 aromatic heterocycles. The Labute approximate surface area is 100 Å². The number of benzene rings is 1. The molecule has 1 heterocycles. The van der Waals surface area contributed by atoms with Crippen LogP contribution < -0.4 is 15.5 Å². The number of hydrogen-bond acceptors (Lipinski definition) is 5. The zero-order valence-electron chi connectivity index (χ0n) is 9.51. The van der Waals surface area contributed by atoms with Gasteiger partial charge in [-0.25, -0.2) is 13.1 Å². The number of hydrogen-bond donors (Lipinski definition) is 2. The largest absolute Gasteiger partial charge is 0.397 e. The smallest absolute Gasteiger partial charge is 0.240 e. The summed E-state index contributed by atoms with van der Waals surface area (Å²) in [6.07, 6.45) is 0.905. The maximum absolute atomic E-state index is 11.7. The van der Waals surface area contributed by atoms with Crippen LogP contribution in [0.25, 0.3) is 0 Å². The molecule has 2 rings (SSSR count). The fourth-order valence-corrected chi connectivity index (χ4v) is 2.41. The SMILES string of the molecule is CNS(=O)(=O)c1ccc(N)c(N2CCCO2)c1. The Kier molecular flexibility index (Phi) is 3.23. The van der Waals surface area contributed by atoms with Gasteiger partial charge in [0.1, 0.15) is 0 Å². The summed E-state index contributed by atoms with van der Waals surface area (Å²) in [6, 6.07) is 4.56. The molecule has 3 N–H and O–H groups in total. The highest BCUT2D eigenvalue weighted by Crippen LogP contribution is 2.28. The Bertz CT molecular complexity index is 510. The Hall–Kier alpha value is -1.31. The molecule has 94 valence electrons. The van der Waals surface area contributed by atoms with E-state index >= 15 is 0 Å². The van der Waals surface area contributed by atoms with E-state index in [4.69, 9.17) is 10.6 Å². The van der Waals surface area contributed by atoms with E-state index in [1.165, 1.54) is 19.2 Å². The van der Waals surface area contributed by atoms with Crippen molar-refractivity contribution in [1.82, 2.24) is 4.72 Å². The lowest BCUT2D eigenvalue weighted by molar-refractivity contribution is 0.168. The summed E-state index contributed by atoms with van der Waals surface area (Å²) in [5, 5.41) is 1.63. The third-order valence-corrected chi connectivity index (χ3v) is 4.01. The monoisotopic (exact) mass is 257 g/mol. The van der Waals surface area contributed by atoms with Crippen LogP contribution in [0.2, 0.25) is 0 Å². The van der Waals surface area contributed by atoms with E-state index in [2.05, 4.69) is 4.72 Å². The van der Waals surface area contributed by atoms with E-state index in [9.17, 15) is 8.42 Å². The highest BCUT2D eigenvalue weighted by molar-refractivity contribution is 7.89. The molecular formula is C10H15N3O3S. The Morgan fingerprint density at radius 3 is 2.82 bits per heavy atom. The zero-order chi connectivity index (χ0) is 12.5. The second-order valence-electron chi connectivity index (χ2n) is 3.72. The second-order valence-corrected chi connectivity index (χ2v) is 5.60. The van der Waals surface area contributed by atoms with Gasteiger partial charge in [0.05, 0.1) is 22.9 Å². The fourth-order valence-electron chi connectivity index (χ4n) is 1.66. The first-order chi connectivity index (χ1) is 8.04. The van der Waals surface area contributed by atoms with Gasteiger partial charge in [-0.3, -0.25) is 9.90 Å². The molecule has 1 fully saturated rings. The van der Waals surface area contributed by atoms with E-state index in [0.29, 0.717) is 24.5 Å². The molecule has 1 aliphatic heterocycles. The van der Waals surface area contributed by atoms with Crippen LogP contribution in [0, 0.1) is 0 Å². The quantitative estimate of drug-likeness (QED) is 0.762. The summed E-state index contributed by atoms with van der Waals surface area (Å²) in [5.41, 5.74) is 6.92. The minimum absolute atomic E-state index is 0.180. The van der Waals surface area contributed by atoms with Crippen molar-refractivity contribution in [3.05, 3.63) is 18.2 Å². The molecule has 0 saturated carbocycles. The number of anilines is 2. The third-order valence-electron chi connectivity index (χ3n) is 2.60. The normalized spacial score (nSPS) is 16.4. The molecule has 6 nitrogen and oxygen atoms in total. The molecule has 17 heavy (non-hydrogen) atoms. The first-order valence-electron chi connectivity index (χ1n) is 5.28. The van der Waals surface area contributed by atoms with E-state index in [1.807, 2.05) is 0 Å². The van der Waals surface area contributed by atoms with Crippen molar-refractivity contribution in [2.45, 2.75) is 11.3 Å². The lowest BCUT2D eigenvalue weighted by atomic mass is 10.2. The number of nitrogens with two attached hydrogens (primary N) is 1.